The molecule has 0 saturated heterocycles. The number of nitrogens with two attached hydrogens (primary N) is 1. The van der Waals surface area contributed by atoms with Crippen LogP contribution < -0.4 is 27.2 Å². The summed E-state index contributed by atoms with van der Waals surface area (Å²) in [5, 5.41) is 17.2. The number of carbonyl (C=O) groups excluding carboxylic acids is 2. The molecule has 0 aliphatic carbocycles. The maximum absolute atomic E-state index is 12.4. The minimum Gasteiger partial charge on any atom is -0.480 e. The first-order valence-electron chi connectivity index (χ1n) is 10.1. The Balaban J connectivity index is 2.00. The van der Waals surface area contributed by atoms with Crippen molar-refractivity contribution in [2.45, 2.75) is 25.8 Å². The zero-order valence-corrected chi connectivity index (χ0v) is 18.7. The monoisotopic (exact) mass is 470 g/mol. The molecule has 1 unspecified atom stereocenters. The van der Waals surface area contributed by atoms with Crippen LogP contribution in [0, 0.1) is 0 Å². The van der Waals surface area contributed by atoms with E-state index in [0.29, 0.717) is 11.4 Å². The highest BCUT2D eigenvalue weighted by Gasteiger charge is 2.21. The summed E-state index contributed by atoms with van der Waals surface area (Å²) in [7, 11) is 1.45. The van der Waals surface area contributed by atoms with Gasteiger partial charge in [0, 0.05) is 30.4 Å². The van der Waals surface area contributed by atoms with Gasteiger partial charge in [-0.2, -0.15) is 4.98 Å². The van der Waals surface area contributed by atoms with Gasteiger partial charge in [-0.25, -0.2) is 14.8 Å². The highest BCUT2D eigenvalue weighted by Crippen LogP contribution is 2.20. The van der Waals surface area contributed by atoms with Crippen LogP contribution in [0.2, 0.25) is 0 Å². The van der Waals surface area contributed by atoms with E-state index < -0.39 is 23.5 Å². The van der Waals surface area contributed by atoms with E-state index in [4.69, 9.17) is 5.73 Å². The van der Waals surface area contributed by atoms with E-state index in [1.807, 2.05) is 0 Å². The molecule has 0 aliphatic heterocycles. The molecule has 1 heterocycles. The summed E-state index contributed by atoms with van der Waals surface area (Å²) in [6, 6.07) is 5.13. The third kappa shape index (κ3) is 7.25. The fourth-order valence-corrected chi connectivity index (χ4v) is 2.78. The van der Waals surface area contributed by atoms with E-state index in [1.165, 1.54) is 19.2 Å². The van der Waals surface area contributed by atoms with Crippen molar-refractivity contribution in [1.82, 2.24) is 20.6 Å². The molecule has 2 rings (SSSR count). The Morgan fingerprint density at radius 1 is 1.26 bits per heavy atom. The molecule has 7 N–H and O–H groups in total. The van der Waals surface area contributed by atoms with E-state index in [2.05, 4.69) is 42.6 Å². The molecule has 13 heteroatoms. The lowest BCUT2D eigenvalue weighted by Gasteiger charge is -2.14. The number of rotatable bonds is 11. The Kier molecular flexibility index (Phi) is 9.00. The smallest absolute Gasteiger partial charge is 0.326 e. The number of hydrogen-bond acceptors (Lipinski definition) is 9. The number of aromatic nitrogens is 2. The summed E-state index contributed by atoms with van der Waals surface area (Å²) in [5.41, 5.74) is 6.39. The molecule has 1 aromatic heterocycles. The van der Waals surface area contributed by atoms with Crippen LogP contribution in [0.15, 0.2) is 39.0 Å². The lowest BCUT2D eigenvalue weighted by molar-refractivity contribution is -0.139. The van der Waals surface area contributed by atoms with Gasteiger partial charge in [-0.15, -0.1) is 0 Å². The third-order valence-electron chi connectivity index (χ3n) is 4.59. The Bertz CT molecular complexity index is 1160. The Labute approximate surface area is 194 Å². The zero-order valence-electron chi connectivity index (χ0n) is 18.7. The van der Waals surface area contributed by atoms with Crippen molar-refractivity contribution in [2.75, 3.05) is 24.6 Å². The number of amides is 2. The molecule has 0 bridgehead atoms. The van der Waals surface area contributed by atoms with E-state index in [9.17, 15) is 24.3 Å². The van der Waals surface area contributed by atoms with Gasteiger partial charge < -0.3 is 26.8 Å². The van der Waals surface area contributed by atoms with Crippen LogP contribution in [-0.4, -0.2) is 64.9 Å². The SMILES string of the molecule is C=Nc1nc(N)[nH]c(=O)c1/N=C(\C)CNc1ccc(C(=O)NC(CCC(=O)NC)C(=O)O)cc1. The Morgan fingerprint density at radius 3 is 2.53 bits per heavy atom. The van der Waals surface area contributed by atoms with Crippen molar-refractivity contribution in [3.05, 3.63) is 40.2 Å². The summed E-state index contributed by atoms with van der Waals surface area (Å²) >= 11 is 0. The molecule has 1 atom stereocenters. The van der Waals surface area contributed by atoms with Crippen LogP contribution in [0.25, 0.3) is 0 Å². The molecule has 0 fully saturated rings. The number of nitrogen functional groups attached to an aromatic ring is 1. The van der Waals surface area contributed by atoms with Crippen LogP contribution in [0.4, 0.5) is 23.1 Å². The van der Waals surface area contributed by atoms with Crippen molar-refractivity contribution in [3.63, 3.8) is 0 Å². The fourth-order valence-electron chi connectivity index (χ4n) is 2.78. The number of anilines is 2. The molecule has 0 saturated carbocycles. The van der Waals surface area contributed by atoms with Crippen molar-refractivity contribution < 1.29 is 19.5 Å². The van der Waals surface area contributed by atoms with Crippen LogP contribution in [0.1, 0.15) is 30.1 Å². The second-order valence-corrected chi connectivity index (χ2v) is 7.14. The number of carboxylic acids is 1. The molecule has 34 heavy (non-hydrogen) atoms. The van der Waals surface area contributed by atoms with E-state index >= 15 is 0 Å². The number of H-pyrrole nitrogens is 1. The maximum Gasteiger partial charge on any atom is 0.326 e. The lowest BCUT2D eigenvalue weighted by atomic mass is 10.1. The van der Waals surface area contributed by atoms with Crippen LogP contribution in [-0.2, 0) is 9.59 Å². The van der Waals surface area contributed by atoms with Gasteiger partial charge in [0.25, 0.3) is 11.5 Å². The van der Waals surface area contributed by atoms with Gasteiger partial charge in [-0.1, -0.05) is 0 Å². The number of benzene rings is 1. The van der Waals surface area contributed by atoms with Crippen molar-refractivity contribution >= 4 is 53.4 Å². The highest BCUT2D eigenvalue weighted by molar-refractivity contribution is 5.97. The quantitative estimate of drug-likeness (QED) is 0.256. The summed E-state index contributed by atoms with van der Waals surface area (Å²) < 4.78 is 0. The minimum absolute atomic E-state index is 0.0140. The first kappa shape index (κ1) is 25.7. The third-order valence-corrected chi connectivity index (χ3v) is 4.59. The summed E-state index contributed by atoms with van der Waals surface area (Å²) in [5.74, 6) is -2.19. The molecule has 2 amide bonds. The summed E-state index contributed by atoms with van der Waals surface area (Å²) in [6.07, 6.45) is -0.0609. The van der Waals surface area contributed by atoms with Gasteiger partial charge in [-0.3, -0.25) is 19.4 Å². The second kappa shape index (κ2) is 11.9. The molecule has 0 spiro atoms. The minimum atomic E-state index is -1.23. The molecule has 0 radical (unpaired) electrons. The zero-order chi connectivity index (χ0) is 25.3. The van der Waals surface area contributed by atoms with Crippen LogP contribution in [0.3, 0.4) is 0 Å². The number of nitrogens with one attached hydrogen (secondary N) is 4. The molecule has 2 aromatic rings. The summed E-state index contributed by atoms with van der Waals surface area (Å²) in [6.45, 7) is 5.32. The van der Waals surface area contributed by atoms with E-state index in [-0.39, 0.29) is 48.3 Å². The largest absolute Gasteiger partial charge is 0.480 e. The normalized spacial score (nSPS) is 11.9. The van der Waals surface area contributed by atoms with E-state index in [1.54, 1.807) is 19.1 Å². The highest BCUT2D eigenvalue weighted by atomic mass is 16.4. The van der Waals surface area contributed by atoms with Crippen molar-refractivity contribution in [1.29, 1.82) is 0 Å². The number of aliphatic carboxylic acids is 1. The number of nitrogens with zero attached hydrogens (tertiary/aromatic N) is 3. The first-order valence-corrected chi connectivity index (χ1v) is 10.1. The Morgan fingerprint density at radius 2 is 1.94 bits per heavy atom. The molecular formula is C21H26N8O5. The van der Waals surface area contributed by atoms with Crippen molar-refractivity contribution in [3.8, 4) is 0 Å². The molecule has 0 aliphatic rings. The van der Waals surface area contributed by atoms with Gasteiger partial charge in [-0.05, 0) is 44.3 Å². The summed E-state index contributed by atoms with van der Waals surface area (Å²) in [4.78, 5) is 61.3. The molecular weight excluding hydrogens is 444 g/mol. The van der Waals surface area contributed by atoms with E-state index in [0.717, 1.165) is 0 Å². The predicted molar refractivity (Wildman–Crippen MR) is 128 cm³/mol. The number of hydrogen-bond donors (Lipinski definition) is 6. The van der Waals surface area contributed by atoms with Gasteiger partial charge in [0.1, 0.15) is 6.04 Å². The van der Waals surface area contributed by atoms with Crippen LogP contribution in [0.5, 0.6) is 0 Å². The molecule has 1 aromatic carbocycles. The van der Waals surface area contributed by atoms with Gasteiger partial charge in [0.2, 0.25) is 11.9 Å². The second-order valence-electron chi connectivity index (χ2n) is 7.14. The predicted octanol–water partition coefficient (Wildman–Crippen LogP) is 0.598. The van der Waals surface area contributed by atoms with Gasteiger partial charge in [0.05, 0.1) is 6.54 Å². The average Bonchev–Trinajstić information content (AvgIpc) is 2.81. The number of carbonyl (C=O) groups is 3. The van der Waals surface area contributed by atoms with Gasteiger partial charge in [0.15, 0.2) is 11.5 Å². The maximum atomic E-state index is 12.4. The molecule has 180 valence electrons. The number of aliphatic imine (C=N–C) groups is 2. The first-order chi connectivity index (χ1) is 16.1. The average molecular weight is 470 g/mol. The Hall–Kier alpha value is -4.55. The topological polar surface area (TPSA) is 204 Å². The van der Waals surface area contributed by atoms with Gasteiger partial charge >= 0.3 is 5.97 Å². The number of carboxylic acid groups (broad SMARTS) is 1. The fraction of sp³-hybridized carbons (Fsp3) is 0.286. The standard InChI is InChI=1S/C21H26N8O5/c1-11(26-16-17(24-3)28-21(22)29-19(16)32)10-25-13-6-4-12(5-7-13)18(31)27-14(20(33)34)8-9-15(30)23-2/h4-7,14,25H,3,8-10H2,1-2H3,(H,23,30)(H,27,31)(H,33,34)(H3,22,28,29,32)/b26-11+. The number of aromatic amines is 1. The van der Waals surface area contributed by atoms with Crippen molar-refractivity contribution in [2.24, 2.45) is 9.98 Å². The molecule has 13 nitrogen and oxygen atoms in total. The van der Waals surface area contributed by atoms with Crippen LogP contribution >= 0.6 is 0 Å². The lowest BCUT2D eigenvalue weighted by Crippen LogP contribution is -2.41.